The van der Waals surface area contributed by atoms with Crippen molar-refractivity contribution in [2.24, 2.45) is 5.92 Å². The molecule has 1 aliphatic heterocycles. The number of rotatable bonds is 2. The van der Waals surface area contributed by atoms with Crippen LogP contribution in [0.4, 0.5) is 0 Å². The average Bonchev–Trinajstić information content (AvgIpc) is 2.79. The summed E-state index contributed by atoms with van der Waals surface area (Å²) in [7, 11) is 0. The van der Waals surface area contributed by atoms with Crippen LogP contribution in [0.3, 0.4) is 0 Å². The van der Waals surface area contributed by atoms with Gasteiger partial charge in [-0.1, -0.05) is 18.2 Å². The molecule has 1 atom stereocenters. The summed E-state index contributed by atoms with van der Waals surface area (Å²) in [6.07, 6.45) is 7.69. The van der Waals surface area contributed by atoms with E-state index in [1.165, 1.54) is 0 Å². The van der Waals surface area contributed by atoms with Crippen molar-refractivity contribution in [2.75, 3.05) is 6.54 Å². The predicted molar refractivity (Wildman–Crippen MR) is 74.1 cm³/mol. The molecule has 1 fully saturated rings. The Morgan fingerprint density at radius 3 is 3.05 bits per heavy atom. The first-order valence-electron chi connectivity index (χ1n) is 6.34. The van der Waals surface area contributed by atoms with Gasteiger partial charge >= 0.3 is 0 Å². The Balaban J connectivity index is 1.82. The van der Waals surface area contributed by atoms with E-state index in [0.717, 1.165) is 16.5 Å². The summed E-state index contributed by atoms with van der Waals surface area (Å²) in [5, 5.41) is 1.10. The second-order valence-electron chi connectivity index (χ2n) is 4.88. The van der Waals surface area contributed by atoms with Gasteiger partial charge in [-0.15, -0.1) is 12.3 Å². The summed E-state index contributed by atoms with van der Waals surface area (Å²) in [4.78, 5) is 18.0. The zero-order chi connectivity index (χ0) is 13.2. The Bertz CT molecular complexity index is 672. The fraction of sp³-hybridized carbons (Fsp3) is 0.250. The molecule has 3 nitrogen and oxygen atoms in total. The molecule has 3 heteroatoms. The number of amides is 1. The fourth-order valence-corrected chi connectivity index (χ4v) is 2.46. The molecule has 19 heavy (non-hydrogen) atoms. The molecule has 0 saturated carbocycles. The molecule has 3 rings (SSSR count). The normalized spacial score (nSPS) is 18.8. The van der Waals surface area contributed by atoms with Crippen LogP contribution in [-0.4, -0.2) is 22.3 Å². The van der Waals surface area contributed by atoms with E-state index in [0.29, 0.717) is 19.5 Å². The van der Waals surface area contributed by atoms with E-state index in [-0.39, 0.29) is 11.8 Å². The van der Waals surface area contributed by atoms with Crippen LogP contribution in [0.1, 0.15) is 12.0 Å². The van der Waals surface area contributed by atoms with Crippen molar-refractivity contribution in [2.45, 2.75) is 13.0 Å². The number of pyridine rings is 1. The van der Waals surface area contributed by atoms with Crippen molar-refractivity contribution >= 4 is 16.8 Å². The maximum Gasteiger partial charge on any atom is 0.224 e. The Morgan fingerprint density at radius 1 is 1.42 bits per heavy atom. The van der Waals surface area contributed by atoms with Crippen LogP contribution in [0, 0.1) is 18.3 Å². The van der Waals surface area contributed by atoms with Gasteiger partial charge in [0, 0.05) is 37.0 Å². The zero-order valence-corrected chi connectivity index (χ0v) is 10.5. The van der Waals surface area contributed by atoms with Crippen molar-refractivity contribution in [1.29, 1.82) is 0 Å². The first kappa shape index (κ1) is 11.7. The molecule has 94 valence electrons. The van der Waals surface area contributed by atoms with Crippen molar-refractivity contribution in [1.82, 2.24) is 9.88 Å². The summed E-state index contributed by atoms with van der Waals surface area (Å²) in [5.41, 5.74) is 2.02. The van der Waals surface area contributed by atoms with Crippen LogP contribution in [0.2, 0.25) is 0 Å². The van der Waals surface area contributed by atoms with Gasteiger partial charge in [0.1, 0.15) is 0 Å². The first-order valence-corrected chi connectivity index (χ1v) is 6.34. The third-order valence-electron chi connectivity index (χ3n) is 3.47. The number of hydrogen-bond donors (Lipinski definition) is 0. The number of hydrogen-bond acceptors (Lipinski definition) is 2. The number of aromatic nitrogens is 1. The number of likely N-dealkylation sites (tertiary alicyclic amines) is 1. The summed E-state index contributed by atoms with van der Waals surface area (Å²) in [6, 6.07) is 10.1. The monoisotopic (exact) mass is 250 g/mol. The van der Waals surface area contributed by atoms with Crippen molar-refractivity contribution in [3.05, 3.63) is 42.1 Å². The third kappa shape index (κ3) is 2.30. The molecule has 0 aliphatic carbocycles. The maximum atomic E-state index is 11.8. The number of fused-ring (bicyclic) bond motifs is 1. The van der Waals surface area contributed by atoms with Gasteiger partial charge in [-0.05, 0) is 17.7 Å². The van der Waals surface area contributed by atoms with Gasteiger partial charge in [0.25, 0.3) is 0 Å². The number of para-hydroxylation sites is 1. The van der Waals surface area contributed by atoms with Crippen molar-refractivity contribution in [3.8, 4) is 12.3 Å². The van der Waals surface area contributed by atoms with Gasteiger partial charge in [0.2, 0.25) is 5.91 Å². The lowest BCUT2D eigenvalue weighted by atomic mass is 10.1. The van der Waals surface area contributed by atoms with E-state index >= 15 is 0 Å². The van der Waals surface area contributed by atoms with E-state index in [4.69, 9.17) is 6.42 Å². The van der Waals surface area contributed by atoms with E-state index in [2.05, 4.69) is 17.0 Å². The molecule has 2 heterocycles. The van der Waals surface area contributed by atoms with Crippen LogP contribution in [0.5, 0.6) is 0 Å². The van der Waals surface area contributed by atoms with Crippen LogP contribution >= 0.6 is 0 Å². The van der Waals surface area contributed by atoms with Gasteiger partial charge in [-0.2, -0.15) is 0 Å². The number of carbonyl (C=O) groups excluding carboxylic acids is 1. The molecule has 0 radical (unpaired) electrons. The molecule has 1 amide bonds. The first-order chi connectivity index (χ1) is 9.26. The Kier molecular flexibility index (Phi) is 2.92. The van der Waals surface area contributed by atoms with Gasteiger partial charge < -0.3 is 4.90 Å². The maximum absolute atomic E-state index is 11.8. The highest BCUT2D eigenvalue weighted by Gasteiger charge is 2.28. The summed E-state index contributed by atoms with van der Waals surface area (Å²) >= 11 is 0. The number of benzene rings is 1. The number of carbonyl (C=O) groups is 1. The summed E-state index contributed by atoms with van der Waals surface area (Å²) < 4.78 is 0. The fourth-order valence-electron chi connectivity index (χ4n) is 2.46. The van der Waals surface area contributed by atoms with Gasteiger partial charge in [0.15, 0.2) is 0 Å². The minimum atomic E-state index is 0.0564. The molecule has 1 aromatic heterocycles. The SMILES string of the molecule is C#CC1CC(=O)N(Cc2cnc3ccccc3c2)C1. The summed E-state index contributed by atoms with van der Waals surface area (Å²) in [5.74, 6) is 2.85. The number of nitrogens with zero attached hydrogens (tertiary/aromatic N) is 2. The predicted octanol–water partition coefficient (Wildman–Crippen LogP) is 2.22. The smallest absolute Gasteiger partial charge is 0.224 e. The molecule has 1 saturated heterocycles. The highest BCUT2D eigenvalue weighted by Crippen LogP contribution is 2.20. The second-order valence-corrected chi connectivity index (χ2v) is 4.88. The minimum absolute atomic E-state index is 0.0564. The molecule has 0 spiro atoms. The molecule has 0 bridgehead atoms. The molecule has 0 N–H and O–H groups in total. The minimum Gasteiger partial charge on any atom is -0.337 e. The molecular weight excluding hydrogens is 236 g/mol. The molecule has 1 unspecified atom stereocenters. The highest BCUT2D eigenvalue weighted by atomic mass is 16.2. The topological polar surface area (TPSA) is 33.2 Å². The van der Waals surface area contributed by atoms with Crippen LogP contribution in [0.15, 0.2) is 36.5 Å². The van der Waals surface area contributed by atoms with E-state index < -0.39 is 0 Å². The third-order valence-corrected chi connectivity index (χ3v) is 3.47. The largest absolute Gasteiger partial charge is 0.337 e. The van der Waals surface area contributed by atoms with Crippen LogP contribution in [-0.2, 0) is 11.3 Å². The Hall–Kier alpha value is -2.34. The lowest BCUT2D eigenvalue weighted by Crippen LogP contribution is -2.24. The van der Waals surface area contributed by atoms with E-state index in [9.17, 15) is 4.79 Å². The van der Waals surface area contributed by atoms with Crippen molar-refractivity contribution < 1.29 is 4.79 Å². The molecule has 1 aromatic carbocycles. The summed E-state index contributed by atoms with van der Waals surface area (Å²) in [6.45, 7) is 1.25. The second kappa shape index (κ2) is 4.74. The quantitative estimate of drug-likeness (QED) is 0.766. The lowest BCUT2D eigenvalue weighted by molar-refractivity contribution is -0.128. The number of terminal acetylenes is 1. The molecule has 2 aromatic rings. The Morgan fingerprint density at radius 2 is 2.26 bits per heavy atom. The van der Waals surface area contributed by atoms with Gasteiger partial charge in [0.05, 0.1) is 5.52 Å². The van der Waals surface area contributed by atoms with E-state index in [1.807, 2.05) is 35.4 Å². The molecule has 1 aliphatic rings. The van der Waals surface area contributed by atoms with Crippen molar-refractivity contribution in [3.63, 3.8) is 0 Å². The van der Waals surface area contributed by atoms with Gasteiger partial charge in [-0.3, -0.25) is 9.78 Å². The standard InChI is InChI=1S/C16H14N2O/c1-2-12-8-16(19)18(10-12)11-13-7-14-5-3-4-6-15(14)17-9-13/h1,3-7,9,12H,8,10-11H2. The average molecular weight is 250 g/mol. The Labute approximate surface area is 112 Å². The van der Waals surface area contributed by atoms with E-state index in [1.54, 1.807) is 0 Å². The highest BCUT2D eigenvalue weighted by molar-refractivity contribution is 5.80. The van der Waals surface area contributed by atoms with Crippen LogP contribution < -0.4 is 0 Å². The van der Waals surface area contributed by atoms with Crippen LogP contribution in [0.25, 0.3) is 10.9 Å². The molecular formula is C16H14N2O. The zero-order valence-electron chi connectivity index (χ0n) is 10.5. The van der Waals surface area contributed by atoms with Gasteiger partial charge in [-0.25, -0.2) is 0 Å². The lowest BCUT2D eigenvalue weighted by Gasteiger charge is -2.15.